The summed E-state index contributed by atoms with van der Waals surface area (Å²) in [6, 6.07) is 35.1. The fourth-order valence-electron chi connectivity index (χ4n) is 9.90. The van der Waals surface area contributed by atoms with Crippen molar-refractivity contribution in [2.45, 2.75) is 124 Å². The van der Waals surface area contributed by atoms with Gasteiger partial charge in [0.25, 0.3) is 0 Å². The Labute approximate surface area is 340 Å². The Morgan fingerprint density at radius 1 is 0.439 bits per heavy atom. The van der Waals surface area contributed by atoms with Gasteiger partial charge in [0.05, 0.1) is 28.4 Å². The Kier molecular flexibility index (Phi) is 9.34. The molecule has 293 valence electrons. The van der Waals surface area contributed by atoms with Crippen LogP contribution in [0.4, 0.5) is 28.4 Å². The van der Waals surface area contributed by atoms with Crippen molar-refractivity contribution in [3.05, 3.63) is 153 Å². The normalized spacial score (nSPS) is 17.2. The lowest BCUT2D eigenvalue weighted by molar-refractivity contribution is -0.128. The van der Waals surface area contributed by atoms with Crippen molar-refractivity contribution in [2.24, 2.45) is 0 Å². The van der Waals surface area contributed by atoms with Gasteiger partial charge in [-0.3, -0.25) is 19.4 Å². The van der Waals surface area contributed by atoms with Gasteiger partial charge in [0.1, 0.15) is 6.42 Å². The minimum absolute atomic E-state index is 0.136. The molecule has 0 spiro atoms. The number of hydrogen-bond acceptors (Lipinski definition) is 3. The van der Waals surface area contributed by atoms with Gasteiger partial charge in [-0.1, -0.05) is 156 Å². The fourth-order valence-corrected chi connectivity index (χ4v) is 9.90. The Balaban J connectivity index is 1.53. The van der Waals surface area contributed by atoms with Crippen molar-refractivity contribution in [3.8, 4) is 0 Å². The van der Waals surface area contributed by atoms with Crippen LogP contribution in [0.1, 0.15) is 163 Å². The molecule has 2 amide bonds. The van der Waals surface area contributed by atoms with Gasteiger partial charge in [-0.05, 0) is 92.4 Å². The molecule has 0 unspecified atom stereocenters. The second kappa shape index (κ2) is 13.7. The molecule has 1 fully saturated rings. The lowest BCUT2D eigenvalue weighted by atomic mass is 9.65. The fraction of sp³-hybridized carbons (Fsp3) is 0.365. The van der Waals surface area contributed by atoms with Crippen molar-refractivity contribution in [1.82, 2.24) is 0 Å². The number of nitrogens with zero attached hydrogens (tertiary/aromatic N) is 3. The number of carbonyl (C=O) groups is 2. The van der Waals surface area contributed by atoms with Crippen LogP contribution in [0, 0.1) is 6.17 Å². The molecule has 3 aliphatic rings. The highest BCUT2D eigenvalue weighted by Crippen LogP contribution is 2.61. The summed E-state index contributed by atoms with van der Waals surface area (Å²) in [5, 5.41) is 0. The summed E-state index contributed by atoms with van der Waals surface area (Å²) in [5.41, 5.74) is 14.6. The SMILES string of the molecule is CC(C)c1cccc(C(C)C)c1N1[C](c2cc3c4c(c2)C(C)(C)c2ccccc2N4c2ccccc2C3(C)C)N(c2c(C(C)C)cccc2C(C)C)C(=O)CC1=O. The van der Waals surface area contributed by atoms with Gasteiger partial charge in [0, 0.05) is 16.4 Å². The molecule has 5 aromatic rings. The Morgan fingerprint density at radius 2 is 0.789 bits per heavy atom. The van der Waals surface area contributed by atoms with Crippen LogP contribution in [0.25, 0.3) is 0 Å². The largest absolute Gasteiger partial charge is 0.309 e. The van der Waals surface area contributed by atoms with Crippen molar-refractivity contribution in [3.63, 3.8) is 0 Å². The number of rotatable bonds is 7. The summed E-state index contributed by atoms with van der Waals surface area (Å²) in [6.07, 6.45) is 0.400. The molecular weight excluding hydrogens is 699 g/mol. The predicted molar refractivity (Wildman–Crippen MR) is 237 cm³/mol. The van der Waals surface area contributed by atoms with E-state index in [9.17, 15) is 0 Å². The number of hydrogen-bond donors (Lipinski definition) is 0. The van der Waals surface area contributed by atoms with Crippen LogP contribution in [-0.2, 0) is 20.4 Å². The van der Waals surface area contributed by atoms with Crippen molar-refractivity contribution in [1.29, 1.82) is 0 Å². The molecule has 1 saturated heterocycles. The van der Waals surface area contributed by atoms with Crippen LogP contribution in [-0.4, -0.2) is 11.8 Å². The predicted octanol–water partition coefficient (Wildman–Crippen LogP) is 13.2. The third-order valence-corrected chi connectivity index (χ3v) is 12.9. The molecule has 8 rings (SSSR count). The van der Waals surface area contributed by atoms with E-state index in [1.54, 1.807) is 0 Å². The first kappa shape index (κ1) is 38.7. The third-order valence-electron chi connectivity index (χ3n) is 12.9. The van der Waals surface area contributed by atoms with Gasteiger partial charge >= 0.3 is 0 Å². The molecule has 0 N–H and O–H groups in total. The summed E-state index contributed by atoms with van der Waals surface area (Å²) in [7, 11) is 0. The number of fused-ring (bicyclic) bond motifs is 4. The average molecular weight is 757 g/mol. The standard InChI is InChI=1S/C52H58N3O2/c1-30(2)35-19-17-20-36(31(3)4)47(35)54-45(56)29-46(57)55(48-37(32(5)6)21-18-22-38(48)33(7)8)50(54)34-27-41-49-42(28-34)52(11,12)40-24-14-16-26-44(40)53(49)43-25-15-13-23-39(43)51(41,9)10/h13-28,30-33H,29H2,1-12H3. The summed E-state index contributed by atoms with van der Waals surface area (Å²) >= 11 is 0. The molecule has 0 saturated carbocycles. The minimum Gasteiger partial charge on any atom is -0.309 e. The first-order valence-electron chi connectivity index (χ1n) is 20.9. The molecule has 3 heterocycles. The quantitative estimate of drug-likeness (QED) is 0.155. The smallest absolute Gasteiger partial charge is 0.238 e. The van der Waals surface area contributed by atoms with E-state index in [2.05, 4.69) is 185 Å². The van der Waals surface area contributed by atoms with Crippen LogP contribution in [0.15, 0.2) is 97.1 Å². The molecule has 5 heteroatoms. The first-order chi connectivity index (χ1) is 27.0. The maximum atomic E-state index is 15.1. The second-order valence-electron chi connectivity index (χ2n) is 18.7. The number of para-hydroxylation sites is 4. The highest BCUT2D eigenvalue weighted by molar-refractivity contribution is 6.18. The lowest BCUT2D eigenvalue weighted by Gasteiger charge is -2.51. The van der Waals surface area contributed by atoms with E-state index in [0.29, 0.717) is 6.17 Å². The van der Waals surface area contributed by atoms with Crippen LogP contribution in [0.2, 0.25) is 0 Å². The third kappa shape index (κ3) is 5.78. The summed E-state index contributed by atoms with van der Waals surface area (Å²) in [6.45, 7) is 26.9. The molecule has 0 bridgehead atoms. The number of benzene rings is 5. The van der Waals surface area contributed by atoms with Crippen LogP contribution >= 0.6 is 0 Å². The van der Waals surface area contributed by atoms with E-state index in [0.717, 1.165) is 39.2 Å². The van der Waals surface area contributed by atoms with Crippen molar-refractivity contribution in [2.75, 3.05) is 14.7 Å². The zero-order valence-electron chi connectivity index (χ0n) is 35.9. The van der Waals surface area contributed by atoms with E-state index in [-0.39, 0.29) is 41.9 Å². The highest BCUT2D eigenvalue weighted by atomic mass is 16.2. The molecule has 5 aromatic carbocycles. The summed E-state index contributed by atoms with van der Waals surface area (Å²) < 4.78 is 0. The number of carbonyl (C=O) groups excluding carboxylic acids is 2. The van der Waals surface area contributed by atoms with E-state index < -0.39 is 10.8 Å². The monoisotopic (exact) mass is 756 g/mol. The van der Waals surface area contributed by atoms with Crippen LogP contribution in [0.3, 0.4) is 0 Å². The van der Waals surface area contributed by atoms with E-state index in [1.165, 1.54) is 39.3 Å². The Hall–Kier alpha value is -5.16. The minimum atomic E-state index is -0.397. The number of amides is 2. The van der Waals surface area contributed by atoms with E-state index in [4.69, 9.17) is 0 Å². The maximum Gasteiger partial charge on any atom is 0.238 e. The zero-order valence-corrected chi connectivity index (χ0v) is 35.9. The maximum absolute atomic E-state index is 15.1. The molecule has 0 aliphatic carbocycles. The molecule has 57 heavy (non-hydrogen) atoms. The van der Waals surface area contributed by atoms with Gasteiger partial charge in [0.2, 0.25) is 18.0 Å². The molecule has 3 aliphatic heterocycles. The molecular formula is C52H58N3O2. The lowest BCUT2D eigenvalue weighted by Crippen LogP contribution is -2.56. The molecule has 0 atom stereocenters. The summed E-state index contributed by atoms with van der Waals surface area (Å²) in [5.74, 6) is 0.150. The van der Waals surface area contributed by atoms with Gasteiger partial charge < -0.3 is 4.90 Å². The van der Waals surface area contributed by atoms with Gasteiger partial charge in [0.15, 0.2) is 0 Å². The van der Waals surface area contributed by atoms with Crippen LogP contribution < -0.4 is 14.7 Å². The van der Waals surface area contributed by atoms with Gasteiger partial charge in [-0.2, -0.15) is 0 Å². The zero-order chi connectivity index (χ0) is 40.9. The summed E-state index contributed by atoms with van der Waals surface area (Å²) in [4.78, 5) is 36.5. The van der Waals surface area contributed by atoms with Crippen LogP contribution in [0.5, 0.6) is 0 Å². The molecule has 5 nitrogen and oxygen atoms in total. The Bertz CT molecular complexity index is 2220. The van der Waals surface area contributed by atoms with Crippen molar-refractivity contribution >= 4 is 40.3 Å². The second-order valence-corrected chi connectivity index (χ2v) is 18.7. The van der Waals surface area contributed by atoms with Gasteiger partial charge in [-0.15, -0.1) is 0 Å². The number of anilines is 5. The van der Waals surface area contributed by atoms with Crippen molar-refractivity contribution < 1.29 is 9.59 Å². The first-order valence-corrected chi connectivity index (χ1v) is 20.9. The highest BCUT2D eigenvalue weighted by Gasteiger charge is 2.50. The van der Waals surface area contributed by atoms with E-state index >= 15 is 9.59 Å². The van der Waals surface area contributed by atoms with E-state index in [1.807, 2.05) is 9.80 Å². The molecule has 0 aromatic heterocycles. The topological polar surface area (TPSA) is 43.9 Å². The Morgan fingerprint density at radius 3 is 1.14 bits per heavy atom. The molecule has 1 radical (unpaired) electrons. The average Bonchev–Trinajstić information content (AvgIpc) is 3.16. The van der Waals surface area contributed by atoms with Gasteiger partial charge in [-0.25, -0.2) is 0 Å².